The van der Waals surface area contributed by atoms with Gasteiger partial charge in [0.25, 0.3) is 0 Å². The molecular formula is C19H18N2O2. The smallest absolute Gasteiger partial charge is 0.328 e. The molecule has 4 nitrogen and oxygen atoms in total. The van der Waals surface area contributed by atoms with Crippen molar-refractivity contribution in [3.63, 3.8) is 0 Å². The zero-order chi connectivity index (χ0) is 16.6. The minimum atomic E-state index is -0.973. The number of benzene rings is 1. The van der Waals surface area contributed by atoms with Gasteiger partial charge in [-0.3, -0.25) is 4.40 Å². The molecule has 4 heteroatoms. The van der Waals surface area contributed by atoms with E-state index < -0.39 is 5.97 Å². The summed E-state index contributed by atoms with van der Waals surface area (Å²) in [5, 5.41) is 8.97. The molecule has 0 atom stereocenters. The van der Waals surface area contributed by atoms with Crippen molar-refractivity contribution in [1.82, 2.24) is 9.38 Å². The number of pyridine rings is 1. The number of aliphatic carboxylic acids is 1. The molecule has 0 bridgehead atoms. The minimum absolute atomic E-state index is 0.776. The van der Waals surface area contributed by atoms with E-state index in [1.54, 1.807) is 6.08 Å². The summed E-state index contributed by atoms with van der Waals surface area (Å²) in [5.41, 5.74) is 6.79. The van der Waals surface area contributed by atoms with Crippen molar-refractivity contribution in [1.29, 1.82) is 0 Å². The first kappa shape index (κ1) is 15.0. The maximum atomic E-state index is 10.9. The van der Waals surface area contributed by atoms with Crippen molar-refractivity contribution in [3.05, 3.63) is 65.0 Å². The monoisotopic (exact) mass is 306 g/mol. The predicted octanol–water partition coefficient (Wildman–Crippen LogP) is 4.02. The van der Waals surface area contributed by atoms with Gasteiger partial charge in [0.15, 0.2) is 0 Å². The van der Waals surface area contributed by atoms with E-state index in [1.165, 1.54) is 5.56 Å². The Kier molecular flexibility index (Phi) is 3.74. The molecular weight excluding hydrogens is 288 g/mol. The largest absolute Gasteiger partial charge is 0.478 e. The highest BCUT2D eigenvalue weighted by Gasteiger charge is 2.14. The first-order valence-electron chi connectivity index (χ1n) is 7.43. The number of fused-ring (bicyclic) bond motifs is 1. The molecule has 0 saturated carbocycles. The summed E-state index contributed by atoms with van der Waals surface area (Å²) in [6, 6.07) is 10.1. The molecule has 0 spiro atoms. The third-order valence-corrected chi connectivity index (χ3v) is 3.82. The summed E-state index contributed by atoms with van der Waals surface area (Å²) >= 11 is 0. The molecule has 0 aliphatic carbocycles. The van der Waals surface area contributed by atoms with E-state index in [-0.39, 0.29) is 0 Å². The van der Waals surface area contributed by atoms with Crippen LogP contribution in [0.4, 0.5) is 0 Å². The zero-order valence-corrected chi connectivity index (χ0v) is 13.4. The Morgan fingerprint density at radius 1 is 1.13 bits per heavy atom. The normalized spacial score (nSPS) is 11.4. The van der Waals surface area contributed by atoms with Crippen LogP contribution >= 0.6 is 0 Å². The van der Waals surface area contributed by atoms with Gasteiger partial charge in [0.1, 0.15) is 5.65 Å². The van der Waals surface area contributed by atoms with E-state index in [9.17, 15) is 4.79 Å². The summed E-state index contributed by atoms with van der Waals surface area (Å²) in [7, 11) is 0. The fraction of sp³-hybridized carbons (Fsp3) is 0.158. The highest BCUT2D eigenvalue weighted by molar-refractivity contribution is 5.87. The number of aromatic nitrogens is 2. The Bertz CT molecular complexity index is 936. The van der Waals surface area contributed by atoms with Crippen molar-refractivity contribution >= 4 is 17.7 Å². The number of hydrogen-bond acceptors (Lipinski definition) is 2. The van der Waals surface area contributed by atoms with Gasteiger partial charge in [0.2, 0.25) is 0 Å². The van der Waals surface area contributed by atoms with E-state index in [4.69, 9.17) is 10.1 Å². The highest BCUT2D eigenvalue weighted by atomic mass is 16.4. The average Bonchev–Trinajstić information content (AvgIpc) is 2.82. The van der Waals surface area contributed by atoms with Crippen LogP contribution in [-0.2, 0) is 4.79 Å². The second-order valence-corrected chi connectivity index (χ2v) is 5.77. The number of carboxylic acid groups (broad SMARTS) is 1. The van der Waals surface area contributed by atoms with Crippen molar-refractivity contribution < 1.29 is 9.90 Å². The summed E-state index contributed by atoms with van der Waals surface area (Å²) in [5.74, 6) is -0.973. The number of carboxylic acids is 1. The Balaban J connectivity index is 2.30. The highest BCUT2D eigenvalue weighted by Crippen LogP contribution is 2.29. The second-order valence-electron chi connectivity index (χ2n) is 5.77. The lowest BCUT2D eigenvalue weighted by molar-refractivity contribution is -0.131. The van der Waals surface area contributed by atoms with E-state index in [0.29, 0.717) is 0 Å². The second kappa shape index (κ2) is 5.72. The minimum Gasteiger partial charge on any atom is -0.478 e. The first-order valence-corrected chi connectivity index (χ1v) is 7.43. The zero-order valence-electron chi connectivity index (χ0n) is 13.4. The Morgan fingerprint density at radius 3 is 2.57 bits per heavy atom. The van der Waals surface area contributed by atoms with E-state index in [2.05, 4.69) is 13.0 Å². The summed E-state index contributed by atoms with van der Waals surface area (Å²) < 4.78 is 1.93. The fourth-order valence-corrected chi connectivity index (χ4v) is 2.76. The van der Waals surface area contributed by atoms with Crippen LogP contribution in [0.5, 0.6) is 0 Å². The first-order chi connectivity index (χ1) is 11.0. The van der Waals surface area contributed by atoms with E-state index in [1.807, 2.05) is 48.7 Å². The SMILES string of the molecule is Cc1ccc(-c2nc3ccc(C)cn3c2/C=C/C(=O)O)c(C)c1. The molecule has 1 aromatic carbocycles. The standard InChI is InChI=1S/C19H18N2O2/c1-12-4-6-15(14(3)10-12)19-16(7-9-18(22)23)21-11-13(2)5-8-17(21)20-19/h4-11H,1-3H3,(H,22,23)/b9-7+. The molecule has 0 aliphatic heterocycles. The molecule has 0 saturated heterocycles. The van der Waals surface area contributed by atoms with Crippen LogP contribution in [0.2, 0.25) is 0 Å². The van der Waals surface area contributed by atoms with Crippen LogP contribution in [0.25, 0.3) is 23.0 Å². The van der Waals surface area contributed by atoms with Crippen LogP contribution in [0.15, 0.2) is 42.6 Å². The van der Waals surface area contributed by atoms with Gasteiger partial charge in [-0.05, 0) is 44.0 Å². The van der Waals surface area contributed by atoms with Gasteiger partial charge in [-0.2, -0.15) is 0 Å². The van der Waals surface area contributed by atoms with Gasteiger partial charge < -0.3 is 5.11 Å². The summed E-state index contributed by atoms with van der Waals surface area (Å²) in [4.78, 5) is 15.7. The Hall–Kier alpha value is -2.88. The van der Waals surface area contributed by atoms with Gasteiger partial charge in [0.05, 0.1) is 11.4 Å². The molecule has 116 valence electrons. The molecule has 2 heterocycles. The van der Waals surface area contributed by atoms with Crippen molar-refractivity contribution in [2.75, 3.05) is 0 Å². The van der Waals surface area contributed by atoms with Crippen LogP contribution in [0.1, 0.15) is 22.4 Å². The molecule has 0 amide bonds. The van der Waals surface area contributed by atoms with Gasteiger partial charge in [-0.1, -0.05) is 29.8 Å². The maximum absolute atomic E-state index is 10.9. The van der Waals surface area contributed by atoms with Gasteiger partial charge >= 0.3 is 5.97 Å². The topological polar surface area (TPSA) is 54.6 Å². The lowest BCUT2D eigenvalue weighted by atomic mass is 10.0. The summed E-state index contributed by atoms with van der Waals surface area (Å²) in [6.45, 7) is 6.10. The molecule has 0 aliphatic rings. The number of hydrogen-bond donors (Lipinski definition) is 1. The molecule has 3 aromatic rings. The summed E-state index contributed by atoms with van der Waals surface area (Å²) in [6.07, 6.45) is 4.73. The number of rotatable bonds is 3. The molecule has 0 fully saturated rings. The fourth-order valence-electron chi connectivity index (χ4n) is 2.76. The van der Waals surface area contributed by atoms with Crippen LogP contribution < -0.4 is 0 Å². The molecule has 0 radical (unpaired) electrons. The molecule has 0 unspecified atom stereocenters. The maximum Gasteiger partial charge on any atom is 0.328 e. The average molecular weight is 306 g/mol. The van der Waals surface area contributed by atoms with Crippen molar-refractivity contribution in [2.45, 2.75) is 20.8 Å². The van der Waals surface area contributed by atoms with Gasteiger partial charge in [-0.15, -0.1) is 0 Å². The lowest BCUT2D eigenvalue weighted by Gasteiger charge is -2.06. The lowest BCUT2D eigenvalue weighted by Crippen LogP contribution is -1.93. The van der Waals surface area contributed by atoms with Crippen LogP contribution in [0.3, 0.4) is 0 Å². The van der Waals surface area contributed by atoms with Crippen molar-refractivity contribution in [2.24, 2.45) is 0 Å². The predicted molar refractivity (Wildman–Crippen MR) is 91.5 cm³/mol. The Morgan fingerprint density at radius 2 is 1.87 bits per heavy atom. The third-order valence-electron chi connectivity index (χ3n) is 3.82. The number of carbonyl (C=O) groups is 1. The van der Waals surface area contributed by atoms with Crippen LogP contribution in [0, 0.1) is 20.8 Å². The molecule has 3 rings (SSSR count). The third kappa shape index (κ3) is 2.88. The van der Waals surface area contributed by atoms with E-state index in [0.717, 1.165) is 39.8 Å². The number of aryl methyl sites for hydroxylation is 3. The number of imidazole rings is 1. The van der Waals surface area contributed by atoms with E-state index >= 15 is 0 Å². The number of nitrogens with zero attached hydrogens (tertiary/aromatic N) is 2. The van der Waals surface area contributed by atoms with Crippen LogP contribution in [-0.4, -0.2) is 20.5 Å². The van der Waals surface area contributed by atoms with Gasteiger partial charge in [0, 0.05) is 17.8 Å². The molecule has 23 heavy (non-hydrogen) atoms. The molecule has 1 N–H and O–H groups in total. The quantitative estimate of drug-likeness (QED) is 0.743. The van der Waals surface area contributed by atoms with Gasteiger partial charge in [-0.25, -0.2) is 9.78 Å². The molecule has 2 aromatic heterocycles. The Labute approximate surface area is 134 Å². The van der Waals surface area contributed by atoms with Crippen molar-refractivity contribution in [3.8, 4) is 11.3 Å².